The van der Waals surface area contributed by atoms with Crippen molar-refractivity contribution >= 4 is 23.7 Å². The number of hydrogen-bond acceptors (Lipinski definition) is 3. The van der Waals surface area contributed by atoms with Crippen molar-refractivity contribution in [3.05, 3.63) is 0 Å². The van der Waals surface area contributed by atoms with Crippen molar-refractivity contribution in [1.29, 1.82) is 0 Å². The summed E-state index contributed by atoms with van der Waals surface area (Å²) in [7, 11) is 0. The molecule has 0 rings (SSSR count). The van der Waals surface area contributed by atoms with Crippen molar-refractivity contribution in [2.45, 2.75) is 16.4 Å². The number of halogens is 6. The molecule has 10 heteroatoms. The number of alkyl halides is 6. The Balaban J connectivity index is 5.16. The van der Waals surface area contributed by atoms with Gasteiger partial charge in [-0.2, -0.15) is 26.3 Å². The Morgan fingerprint density at radius 1 is 1.08 bits per heavy atom. The SMILES string of the molecule is O=S([O-])C(F)(F)C(F)(F)C(F)(F)S. The molecule has 0 aliphatic heterocycles. The maximum absolute atomic E-state index is 12.0. The fraction of sp³-hybridized carbons (Fsp3) is 1.00. The molecule has 0 saturated heterocycles. The summed E-state index contributed by atoms with van der Waals surface area (Å²) in [5.74, 6) is -6.06. The zero-order valence-corrected chi connectivity index (χ0v) is 7.15. The van der Waals surface area contributed by atoms with Gasteiger partial charge in [-0.15, -0.1) is 0 Å². The molecule has 13 heavy (non-hydrogen) atoms. The van der Waals surface area contributed by atoms with Gasteiger partial charge in [0.05, 0.1) is 0 Å². The highest BCUT2D eigenvalue weighted by molar-refractivity contribution is 7.82. The Morgan fingerprint density at radius 3 is 1.46 bits per heavy atom. The van der Waals surface area contributed by atoms with Gasteiger partial charge < -0.3 is 4.55 Å². The van der Waals surface area contributed by atoms with Crippen LogP contribution < -0.4 is 0 Å². The van der Waals surface area contributed by atoms with E-state index in [4.69, 9.17) is 0 Å². The van der Waals surface area contributed by atoms with Gasteiger partial charge in [-0.1, -0.05) is 12.6 Å². The van der Waals surface area contributed by atoms with Crippen LogP contribution in [0, 0.1) is 0 Å². The molecule has 80 valence electrons. The van der Waals surface area contributed by atoms with Crippen molar-refractivity contribution < 1.29 is 35.1 Å². The van der Waals surface area contributed by atoms with Crippen LogP contribution in [-0.4, -0.2) is 25.2 Å². The third-order valence-electron chi connectivity index (χ3n) is 0.953. The first-order chi connectivity index (χ1) is 5.44. The molecule has 0 bridgehead atoms. The fourth-order valence-electron chi connectivity index (χ4n) is 0.280. The molecule has 0 aliphatic rings. The highest BCUT2D eigenvalue weighted by atomic mass is 32.2. The van der Waals surface area contributed by atoms with Gasteiger partial charge in [0.1, 0.15) is 0 Å². The minimum absolute atomic E-state index is 1.89. The van der Waals surface area contributed by atoms with Gasteiger partial charge in [-0.05, 0) is 0 Å². The van der Waals surface area contributed by atoms with Gasteiger partial charge in [-0.3, -0.25) is 4.21 Å². The minimum Gasteiger partial charge on any atom is -0.768 e. The summed E-state index contributed by atoms with van der Waals surface area (Å²) in [6, 6.07) is 0. The lowest BCUT2D eigenvalue weighted by Gasteiger charge is -2.30. The van der Waals surface area contributed by atoms with E-state index in [9.17, 15) is 35.1 Å². The monoisotopic (exact) mass is 247 g/mol. The second kappa shape index (κ2) is 3.31. The Kier molecular flexibility index (Phi) is 3.33. The van der Waals surface area contributed by atoms with E-state index in [1.54, 1.807) is 0 Å². The summed E-state index contributed by atoms with van der Waals surface area (Å²) >= 11 is -2.77. The molecule has 0 fully saturated rings. The first-order valence-corrected chi connectivity index (χ1v) is 3.92. The van der Waals surface area contributed by atoms with Crippen LogP contribution >= 0.6 is 12.6 Å². The minimum atomic E-state index is -6.06. The van der Waals surface area contributed by atoms with Crippen molar-refractivity contribution in [3.63, 3.8) is 0 Å². The van der Waals surface area contributed by atoms with Gasteiger partial charge in [0.25, 0.3) is 0 Å². The number of rotatable bonds is 3. The first kappa shape index (κ1) is 13.0. The predicted molar refractivity (Wildman–Crippen MR) is 32.7 cm³/mol. The molecule has 0 aliphatic carbocycles. The third kappa shape index (κ3) is 2.10. The van der Waals surface area contributed by atoms with E-state index in [0.29, 0.717) is 0 Å². The first-order valence-electron chi connectivity index (χ1n) is 2.39. The predicted octanol–water partition coefficient (Wildman–Crippen LogP) is 1.62. The molecule has 0 amide bonds. The van der Waals surface area contributed by atoms with Crippen LogP contribution in [0.3, 0.4) is 0 Å². The second-order valence-corrected chi connectivity index (χ2v) is 3.41. The average Bonchev–Trinajstić information content (AvgIpc) is 1.84. The topological polar surface area (TPSA) is 40.1 Å². The van der Waals surface area contributed by atoms with E-state index < -0.39 is 27.5 Å². The highest BCUT2D eigenvalue weighted by Gasteiger charge is 2.71. The van der Waals surface area contributed by atoms with Crippen LogP contribution in [0.4, 0.5) is 26.3 Å². The van der Waals surface area contributed by atoms with Crippen LogP contribution in [0.25, 0.3) is 0 Å². The lowest BCUT2D eigenvalue weighted by atomic mass is 10.3. The number of thiol groups is 1. The molecule has 0 radical (unpaired) electrons. The van der Waals surface area contributed by atoms with Crippen molar-refractivity contribution in [1.82, 2.24) is 0 Å². The molecule has 2 nitrogen and oxygen atoms in total. The standard InChI is InChI=1S/C3H2F6O2S2/c4-1(5,2(6,7)12)3(8,9)13(10)11/h12H,(H,10,11)/p-1. The largest absolute Gasteiger partial charge is 0.768 e. The third-order valence-corrected chi connectivity index (χ3v) is 1.91. The summed E-state index contributed by atoms with van der Waals surface area (Å²) in [5, 5.41) is -11.3. The molecule has 0 saturated carbocycles. The summed E-state index contributed by atoms with van der Waals surface area (Å²) in [5.41, 5.74) is 0. The maximum Gasteiger partial charge on any atom is 0.392 e. The molecule has 0 heterocycles. The van der Waals surface area contributed by atoms with E-state index in [0.717, 1.165) is 0 Å². The average molecular weight is 247 g/mol. The van der Waals surface area contributed by atoms with Crippen molar-refractivity contribution in [2.24, 2.45) is 0 Å². The van der Waals surface area contributed by atoms with Crippen LogP contribution in [-0.2, 0) is 11.1 Å². The van der Waals surface area contributed by atoms with Crippen LogP contribution in [0.1, 0.15) is 0 Å². The summed E-state index contributed by atoms with van der Waals surface area (Å²) in [4.78, 5) is 0. The molecule has 0 aromatic heterocycles. The normalized spacial score (nSPS) is 17.2. The maximum atomic E-state index is 12.0. The Labute approximate surface area is 76.0 Å². The van der Waals surface area contributed by atoms with E-state index in [1.807, 2.05) is 12.6 Å². The summed E-state index contributed by atoms with van der Waals surface area (Å²) in [6.07, 6.45) is 0. The molecule has 0 aromatic rings. The number of hydrogen-bond donors (Lipinski definition) is 1. The molecule has 1 unspecified atom stereocenters. The quantitative estimate of drug-likeness (QED) is 0.467. The van der Waals surface area contributed by atoms with Crippen LogP contribution in [0.2, 0.25) is 0 Å². The van der Waals surface area contributed by atoms with Crippen molar-refractivity contribution in [2.75, 3.05) is 0 Å². The van der Waals surface area contributed by atoms with Gasteiger partial charge in [0.15, 0.2) is 0 Å². The zero-order chi connectivity index (χ0) is 11.1. The van der Waals surface area contributed by atoms with Gasteiger partial charge >= 0.3 is 16.4 Å². The highest BCUT2D eigenvalue weighted by Crippen LogP contribution is 2.48. The molecule has 0 spiro atoms. The molecule has 0 aromatic carbocycles. The van der Waals surface area contributed by atoms with Gasteiger partial charge in [-0.25, -0.2) is 0 Å². The van der Waals surface area contributed by atoms with E-state index in [-0.39, 0.29) is 0 Å². The smallest absolute Gasteiger partial charge is 0.392 e. The van der Waals surface area contributed by atoms with Gasteiger partial charge in [0, 0.05) is 11.1 Å². The van der Waals surface area contributed by atoms with E-state index >= 15 is 0 Å². The lowest BCUT2D eigenvalue weighted by molar-refractivity contribution is -0.240. The van der Waals surface area contributed by atoms with Crippen LogP contribution in [0.5, 0.6) is 0 Å². The summed E-state index contributed by atoms with van der Waals surface area (Å²) < 4.78 is 90.3. The van der Waals surface area contributed by atoms with E-state index in [1.165, 1.54) is 0 Å². The molecule has 0 N–H and O–H groups in total. The van der Waals surface area contributed by atoms with Crippen molar-refractivity contribution in [3.8, 4) is 0 Å². The Bertz CT molecular complexity index is 222. The molecule has 1 atom stereocenters. The van der Waals surface area contributed by atoms with Crippen LogP contribution in [0.15, 0.2) is 0 Å². The fourth-order valence-corrected chi connectivity index (χ4v) is 0.833. The Morgan fingerprint density at radius 2 is 1.38 bits per heavy atom. The van der Waals surface area contributed by atoms with Gasteiger partial charge in [0.2, 0.25) is 0 Å². The van der Waals surface area contributed by atoms with E-state index in [2.05, 4.69) is 0 Å². The zero-order valence-electron chi connectivity index (χ0n) is 5.44. The second-order valence-electron chi connectivity index (χ2n) is 1.87. The lowest BCUT2D eigenvalue weighted by Crippen LogP contribution is -2.53. The Hall–Kier alpha value is 0.0400. The summed E-state index contributed by atoms with van der Waals surface area (Å²) in [6.45, 7) is 0. The molecular weight excluding hydrogens is 246 g/mol. The molecular formula is C3HF6O2S2-.